The molecule has 3 aromatic carbocycles. The third kappa shape index (κ3) is 5.33. The van der Waals surface area contributed by atoms with Gasteiger partial charge in [-0.25, -0.2) is 13.2 Å². The number of urea groups is 1. The van der Waals surface area contributed by atoms with Crippen LogP contribution in [0.4, 0.5) is 10.5 Å². The molecule has 0 aliphatic heterocycles. The second kappa shape index (κ2) is 9.35. The molecule has 0 spiro atoms. The van der Waals surface area contributed by atoms with E-state index in [0.29, 0.717) is 21.7 Å². The molecule has 2 amide bonds. The molecule has 170 valence electrons. The summed E-state index contributed by atoms with van der Waals surface area (Å²) in [6.45, 7) is -0.125. The van der Waals surface area contributed by atoms with Crippen molar-refractivity contribution in [3.8, 4) is 11.4 Å². The summed E-state index contributed by atoms with van der Waals surface area (Å²) in [5.41, 5.74) is 7.11. The number of hydrogen-bond donors (Lipinski definition) is 4. The predicted molar refractivity (Wildman–Crippen MR) is 124 cm³/mol. The average molecular weight is 487 g/mol. The van der Waals surface area contributed by atoms with E-state index in [-0.39, 0.29) is 28.6 Å². The number of para-hydroxylation sites is 1. The van der Waals surface area contributed by atoms with Crippen LogP contribution in [-0.2, 0) is 9.84 Å². The van der Waals surface area contributed by atoms with E-state index in [1.807, 2.05) is 6.07 Å². The van der Waals surface area contributed by atoms with Gasteiger partial charge in [0.25, 0.3) is 0 Å². The zero-order valence-electron chi connectivity index (χ0n) is 17.1. The molecule has 0 aliphatic rings. The van der Waals surface area contributed by atoms with Gasteiger partial charge in [0, 0.05) is 17.6 Å². The van der Waals surface area contributed by atoms with E-state index in [1.54, 1.807) is 42.5 Å². The minimum atomic E-state index is -3.77. The van der Waals surface area contributed by atoms with Gasteiger partial charge in [0.05, 0.1) is 16.3 Å². The Morgan fingerprint density at radius 3 is 2.52 bits per heavy atom. The van der Waals surface area contributed by atoms with E-state index in [0.717, 1.165) is 6.07 Å². The monoisotopic (exact) mass is 486 g/mol. The van der Waals surface area contributed by atoms with Crippen LogP contribution in [0.25, 0.3) is 16.7 Å². The largest absolute Gasteiger partial charge is 0.506 e. The lowest BCUT2D eigenvalue weighted by Crippen LogP contribution is -2.40. The molecule has 0 atom stereocenters. The lowest BCUT2D eigenvalue weighted by Gasteiger charge is -2.11. The van der Waals surface area contributed by atoms with Crippen molar-refractivity contribution in [1.82, 2.24) is 25.7 Å². The molecule has 0 saturated heterocycles. The van der Waals surface area contributed by atoms with Crippen LogP contribution < -0.4 is 16.2 Å². The van der Waals surface area contributed by atoms with Crippen LogP contribution in [0.1, 0.15) is 0 Å². The third-order valence-corrected chi connectivity index (χ3v) is 6.56. The Bertz CT molecular complexity index is 1410. The minimum absolute atomic E-state index is 0.0897. The SMILES string of the molecule is O=C(NCCS(=O)(=O)c1ccc(-n2nc3ccc(Cl)cc3n2)c(O)c1)NNc1ccccc1. The molecule has 10 nitrogen and oxygen atoms in total. The molecule has 4 N–H and O–H groups in total. The summed E-state index contributed by atoms with van der Waals surface area (Å²) in [5, 5.41) is 21.9. The number of hydrazine groups is 1. The molecule has 0 unspecified atom stereocenters. The first-order valence-electron chi connectivity index (χ1n) is 9.75. The van der Waals surface area contributed by atoms with E-state index in [9.17, 15) is 18.3 Å². The van der Waals surface area contributed by atoms with E-state index in [4.69, 9.17) is 11.6 Å². The highest BCUT2D eigenvalue weighted by Crippen LogP contribution is 2.26. The zero-order valence-corrected chi connectivity index (χ0v) is 18.6. The van der Waals surface area contributed by atoms with Crippen molar-refractivity contribution < 1.29 is 18.3 Å². The van der Waals surface area contributed by atoms with Gasteiger partial charge < -0.3 is 10.4 Å². The Morgan fingerprint density at radius 2 is 1.76 bits per heavy atom. The number of benzene rings is 3. The number of fused-ring (bicyclic) bond motifs is 1. The van der Waals surface area contributed by atoms with Crippen molar-refractivity contribution in [2.75, 3.05) is 17.7 Å². The number of amides is 2. The Labute approximate surface area is 194 Å². The van der Waals surface area contributed by atoms with Crippen molar-refractivity contribution in [1.29, 1.82) is 0 Å². The Kier molecular flexibility index (Phi) is 6.33. The van der Waals surface area contributed by atoms with Crippen LogP contribution >= 0.6 is 11.6 Å². The number of phenolic OH excluding ortho intramolecular Hbond substituents is 1. The van der Waals surface area contributed by atoms with Gasteiger partial charge in [-0.15, -0.1) is 15.0 Å². The van der Waals surface area contributed by atoms with Gasteiger partial charge in [-0.1, -0.05) is 29.8 Å². The van der Waals surface area contributed by atoms with Gasteiger partial charge in [0.1, 0.15) is 22.5 Å². The highest BCUT2D eigenvalue weighted by molar-refractivity contribution is 7.91. The maximum absolute atomic E-state index is 12.6. The minimum Gasteiger partial charge on any atom is -0.506 e. The number of carbonyl (C=O) groups is 1. The van der Waals surface area contributed by atoms with Crippen molar-refractivity contribution >= 4 is 44.2 Å². The number of hydrogen-bond acceptors (Lipinski definition) is 7. The number of carbonyl (C=O) groups excluding carboxylic acids is 1. The maximum atomic E-state index is 12.6. The normalized spacial score (nSPS) is 11.3. The number of nitrogens with one attached hydrogen (secondary N) is 3. The topological polar surface area (TPSA) is 138 Å². The van der Waals surface area contributed by atoms with Gasteiger partial charge >= 0.3 is 6.03 Å². The molecule has 4 aromatic rings. The number of anilines is 1. The number of aromatic nitrogens is 3. The fraction of sp³-hybridized carbons (Fsp3) is 0.0952. The second-order valence-corrected chi connectivity index (χ2v) is 9.51. The van der Waals surface area contributed by atoms with Crippen LogP contribution in [-0.4, -0.2) is 46.8 Å². The van der Waals surface area contributed by atoms with Crippen molar-refractivity contribution in [3.63, 3.8) is 0 Å². The summed E-state index contributed by atoms with van der Waals surface area (Å²) in [5.74, 6) is -0.660. The standard InChI is InChI=1S/C21H19ClN6O4S/c22-14-6-8-17-18(12-14)27-28(26-17)19-9-7-16(13-20(19)29)33(31,32)11-10-23-21(30)25-24-15-4-2-1-3-5-15/h1-9,12-13,24,29H,10-11H2,(H2,23,25,30). The quantitative estimate of drug-likeness (QED) is 0.294. The van der Waals surface area contributed by atoms with Gasteiger partial charge in [-0.3, -0.25) is 10.9 Å². The van der Waals surface area contributed by atoms with Crippen LogP contribution in [0.3, 0.4) is 0 Å². The Hall–Kier alpha value is -3.83. The maximum Gasteiger partial charge on any atom is 0.333 e. The van der Waals surface area contributed by atoms with Crippen molar-refractivity contribution in [2.24, 2.45) is 0 Å². The number of phenols is 1. The van der Waals surface area contributed by atoms with Crippen LogP contribution in [0.5, 0.6) is 5.75 Å². The van der Waals surface area contributed by atoms with E-state index < -0.39 is 15.9 Å². The number of halogens is 1. The number of rotatable bonds is 7. The van der Waals surface area contributed by atoms with Crippen LogP contribution in [0, 0.1) is 0 Å². The summed E-state index contributed by atoms with van der Waals surface area (Å²) in [7, 11) is -3.77. The molecular formula is C21H19ClN6O4S. The molecule has 1 aromatic heterocycles. The summed E-state index contributed by atoms with van der Waals surface area (Å²) < 4.78 is 25.2. The molecule has 12 heteroatoms. The van der Waals surface area contributed by atoms with Crippen LogP contribution in [0.15, 0.2) is 71.6 Å². The Balaban J connectivity index is 1.38. The van der Waals surface area contributed by atoms with Crippen LogP contribution in [0.2, 0.25) is 5.02 Å². The first kappa shape index (κ1) is 22.4. The van der Waals surface area contributed by atoms with Gasteiger partial charge in [-0.2, -0.15) is 0 Å². The van der Waals surface area contributed by atoms with Crippen molar-refractivity contribution in [3.05, 3.63) is 71.8 Å². The lowest BCUT2D eigenvalue weighted by atomic mass is 10.3. The van der Waals surface area contributed by atoms with Gasteiger partial charge in [-0.05, 0) is 42.5 Å². The molecule has 1 heterocycles. The highest BCUT2D eigenvalue weighted by Gasteiger charge is 2.18. The molecule has 0 aliphatic carbocycles. The Morgan fingerprint density at radius 1 is 1.00 bits per heavy atom. The molecule has 0 bridgehead atoms. The lowest BCUT2D eigenvalue weighted by molar-refractivity contribution is 0.243. The smallest absolute Gasteiger partial charge is 0.333 e. The molecule has 4 rings (SSSR count). The van der Waals surface area contributed by atoms with E-state index in [1.165, 1.54) is 16.9 Å². The second-order valence-electron chi connectivity index (χ2n) is 6.96. The molecule has 0 radical (unpaired) electrons. The molecule has 0 fully saturated rings. The number of aromatic hydroxyl groups is 1. The predicted octanol–water partition coefficient (Wildman–Crippen LogP) is 2.88. The summed E-state index contributed by atoms with van der Waals surface area (Å²) in [6.07, 6.45) is 0. The summed E-state index contributed by atoms with van der Waals surface area (Å²) >= 11 is 5.96. The average Bonchev–Trinajstić information content (AvgIpc) is 3.21. The molecular weight excluding hydrogens is 468 g/mol. The molecule has 0 saturated carbocycles. The van der Waals surface area contributed by atoms with E-state index >= 15 is 0 Å². The number of sulfone groups is 1. The fourth-order valence-electron chi connectivity index (χ4n) is 2.97. The number of nitrogens with zero attached hydrogens (tertiary/aromatic N) is 3. The highest BCUT2D eigenvalue weighted by atomic mass is 35.5. The van der Waals surface area contributed by atoms with Gasteiger partial charge in [0.2, 0.25) is 0 Å². The van der Waals surface area contributed by atoms with Gasteiger partial charge in [0.15, 0.2) is 9.84 Å². The van der Waals surface area contributed by atoms with Crippen molar-refractivity contribution in [2.45, 2.75) is 4.90 Å². The summed E-state index contributed by atoms with van der Waals surface area (Å²) in [6, 6.07) is 17.3. The van der Waals surface area contributed by atoms with E-state index in [2.05, 4.69) is 26.4 Å². The molecule has 33 heavy (non-hydrogen) atoms. The first-order chi connectivity index (χ1) is 15.8. The first-order valence-corrected chi connectivity index (χ1v) is 11.8. The fourth-order valence-corrected chi connectivity index (χ4v) is 4.31. The zero-order chi connectivity index (χ0) is 23.4. The summed E-state index contributed by atoms with van der Waals surface area (Å²) in [4.78, 5) is 13.0. The third-order valence-electron chi connectivity index (χ3n) is 4.61.